The molecule has 0 fully saturated rings. The lowest BCUT2D eigenvalue weighted by Crippen LogP contribution is -2.19. The molecule has 0 aliphatic rings. The molecule has 0 saturated heterocycles. The van der Waals surface area contributed by atoms with E-state index in [2.05, 4.69) is 0 Å². The number of aromatic nitrogens is 1. The van der Waals surface area contributed by atoms with Crippen LogP contribution in [0.3, 0.4) is 0 Å². The first-order chi connectivity index (χ1) is 5.65. The fourth-order valence-electron chi connectivity index (χ4n) is 0.688. The minimum Gasteiger partial charge on any atom is -0.494 e. The van der Waals surface area contributed by atoms with Crippen LogP contribution in [0.2, 0.25) is 0 Å². The van der Waals surface area contributed by atoms with Gasteiger partial charge in [0.15, 0.2) is 5.78 Å². The number of hydrogen-bond acceptors (Lipinski definition) is 4. The Labute approximate surface area is 77.0 Å². The van der Waals surface area contributed by atoms with E-state index in [4.69, 9.17) is 16.7 Å². The molecule has 0 aliphatic carbocycles. The first kappa shape index (κ1) is 9.28. The number of carbonyl (C=O) groups excluding carboxylic acids is 1. The van der Waals surface area contributed by atoms with Crippen LogP contribution < -0.4 is 4.87 Å². The highest BCUT2D eigenvalue weighted by Gasteiger charge is 2.08. The van der Waals surface area contributed by atoms with Gasteiger partial charge in [-0.15, -0.1) is 11.6 Å². The Morgan fingerprint density at radius 1 is 1.75 bits per heavy atom. The van der Waals surface area contributed by atoms with Crippen molar-refractivity contribution in [2.75, 3.05) is 5.88 Å². The van der Waals surface area contributed by atoms with Crippen molar-refractivity contribution in [3.05, 3.63) is 15.0 Å². The molecule has 1 aromatic rings. The van der Waals surface area contributed by atoms with Crippen LogP contribution in [0.1, 0.15) is 0 Å². The van der Waals surface area contributed by atoms with Crippen molar-refractivity contribution < 1.29 is 9.90 Å². The number of aromatic hydroxyl groups is 1. The van der Waals surface area contributed by atoms with Gasteiger partial charge >= 0.3 is 4.87 Å². The number of hydrogen-bond donors (Lipinski definition) is 1. The molecule has 0 aromatic carbocycles. The smallest absolute Gasteiger partial charge is 0.310 e. The normalized spacial score (nSPS) is 10.1. The summed E-state index contributed by atoms with van der Waals surface area (Å²) in [4.78, 5) is 21.3. The number of alkyl halides is 1. The van der Waals surface area contributed by atoms with E-state index in [1.165, 1.54) is 5.38 Å². The van der Waals surface area contributed by atoms with Crippen LogP contribution >= 0.6 is 22.9 Å². The van der Waals surface area contributed by atoms with Crippen LogP contribution in [0.4, 0.5) is 0 Å². The number of halogens is 1. The van der Waals surface area contributed by atoms with E-state index in [0.29, 0.717) is 0 Å². The Bertz CT molecular complexity index is 343. The van der Waals surface area contributed by atoms with Gasteiger partial charge in [0.05, 0.1) is 17.8 Å². The van der Waals surface area contributed by atoms with E-state index in [9.17, 15) is 9.59 Å². The first-order valence-electron chi connectivity index (χ1n) is 3.10. The summed E-state index contributed by atoms with van der Waals surface area (Å²) in [7, 11) is 0. The van der Waals surface area contributed by atoms with E-state index in [-0.39, 0.29) is 29.0 Å². The molecule has 0 atom stereocenters. The van der Waals surface area contributed by atoms with Crippen LogP contribution in [0, 0.1) is 0 Å². The molecule has 4 nitrogen and oxygen atoms in total. The van der Waals surface area contributed by atoms with Crippen molar-refractivity contribution in [3.63, 3.8) is 0 Å². The highest BCUT2D eigenvalue weighted by molar-refractivity contribution is 7.07. The molecule has 12 heavy (non-hydrogen) atoms. The van der Waals surface area contributed by atoms with Gasteiger partial charge in [-0.3, -0.25) is 14.2 Å². The van der Waals surface area contributed by atoms with Gasteiger partial charge in [0.2, 0.25) is 5.88 Å². The number of Topliss-reactive ketones (excluding diaryl/α,β-unsaturated/α-hetero) is 1. The minimum absolute atomic E-state index is 0.151. The van der Waals surface area contributed by atoms with Gasteiger partial charge in [-0.05, 0) is 0 Å². The average Bonchev–Trinajstić information content (AvgIpc) is 2.35. The average molecular weight is 208 g/mol. The van der Waals surface area contributed by atoms with Crippen molar-refractivity contribution in [2.45, 2.75) is 6.54 Å². The predicted octanol–water partition coefficient (Wildman–Crippen LogP) is 0.423. The maximum atomic E-state index is 10.9. The number of nitrogens with zero attached hydrogens (tertiary/aromatic N) is 1. The first-order valence-corrected chi connectivity index (χ1v) is 4.51. The van der Waals surface area contributed by atoms with Gasteiger partial charge in [0, 0.05) is 0 Å². The monoisotopic (exact) mass is 207 g/mol. The quantitative estimate of drug-likeness (QED) is 0.731. The lowest BCUT2D eigenvalue weighted by atomic mass is 10.4. The molecule has 0 unspecified atom stereocenters. The number of ketones is 1. The topological polar surface area (TPSA) is 59.3 Å². The molecule has 0 amide bonds. The van der Waals surface area contributed by atoms with Crippen molar-refractivity contribution in [3.8, 4) is 5.88 Å². The molecule has 1 heterocycles. The molecule has 6 heteroatoms. The molecular weight excluding hydrogens is 202 g/mol. The van der Waals surface area contributed by atoms with Crippen LogP contribution in [-0.4, -0.2) is 21.3 Å². The summed E-state index contributed by atoms with van der Waals surface area (Å²) < 4.78 is 0.982. The standard InChI is InChI=1S/C6H6ClNO3S/c7-1-4(9)2-8-5(10)3-12-6(8)11/h3,10H,1-2H2. The molecule has 1 N–H and O–H groups in total. The van der Waals surface area contributed by atoms with Crippen molar-refractivity contribution in [2.24, 2.45) is 0 Å². The van der Waals surface area contributed by atoms with Gasteiger partial charge in [-0.2, -0.15) is 0 Å². The molecule has 0 radical (unpaired) electrons. The van der Waals surface area contributed by atoms with Gasteiger partial charge in [-0.1, -0.05) is 11.3 Å². The third-order valence-corrected chi connectivity index (χ3v) is 2.29. The van der Waals surface area contributed by atoms with Gasteiger partial charge < -0.3 is 5.11 Å². The van der Waals surface area contributed by atoms with E-state index in [1.54, 1.807) is 0 Å². The fourth-order valence-corrected chi connectivity index (χ4v) is 1.39. The summed E-state index contributed by atoms with van der Waals surface area (Å²) in [5, 5.41) is 10.3. The maximum Gasteiger partial charge on any atom is 0.310 e. The fraction of sp³-hybridized carbons (Fsp3) is 0.333. The van der Waals surface area contributed by atoms with Crippen molar-refractivity contribution in [1.82, 2.24) is 4.57 Å². The van der Waals surface area contributed by atoms with E-state index >= 15 is 0 Å². The van der Waals surface area contributed by atoms with E-state index in [0.717, 1.165) is 15.9 Å². The second-order valence-corrected chi connectivity index (χ2v) is 3.21. The van der Waals surface area contributed by atoms with Crippen LogP contribution in [0.5, 0.6) is 5.88 Å². The van der Waals surface area contributed by atoms with Gasteiger partial charge in [0.25, 0.3) is 0 Å². The molecule has 1 aromatic heterocycles. The Morgan fingerprint density at radius 2 is 2.42 bits per heavy atom. The summed E-state index contributed by atoms with van der Waals surface area (Å²) >= 11 is 6.08. The largest absolute Gasteiger partial charge is 0.494 e. The van der Waals surface area contributed by atoms with Crippen LogP contribution in [0.25, 0.3) is 0 Å². The molecule has 0 bridgehead atoms. The van der Waals surface area contributed by atoms with Crippen LogP contribution in [-0.2, 0) is 11.3 Å². The molecule has 0 saturated carbocycles. The Morgan fingerprint density at radius 3 is 2.83 bits per heavy atom. The molecule has 1 rings (SSSR count). The molecule has 0 aliphatic heterocycles. The second-order valence-electron chi connectivity index (χ2n) is 2.12. The highest BCUT2D eigenvalue weighted by atomic mass is 35.5. The minimum atomic E-state index is -0.356. The number of thiazole rings is 1. The third kappa shape index (κ3) is 1.86. The lowest BCUT2D eigenvalue weighted by molar-refractivity contribution is -0.117. The summed E-state index contributed by atoms with van der Waals surface area (Å²) in [6, 6.07) is 0. The number of carbonyl (C=O) groups is 1. The van der Waals surface area contributed by atoms with Crippen molar-refractivity contribution >= 4 is 28.7 Å². The maximum absolute atomic E-state index is 10.9. The SMILES string of the molecule is O=C(CCl)Cn1c(O)csc1=O. The molecular formula is C6H6ClNO3S. The van der Waals surface area contributed by atoms with Gasteiger partial charge in [-0.25, -0.2) is 0 Å². The van der Waals surface area contributed by atoms with E-state index in [1.807, 2.05) is 0 Å². The Hall–Kier alpha value is -0.810. The van der Waals surface area contributed by atoms with Gasteiger partial charge in [0.1, 0.15) is 0 Å². The Balaban J connectivity index is 2.88. The number of rotatable bonds is 3. The zero-order chi connectivity index (χ0) is 9.14. The highest BCUT2D eigenvalue weighted by Crippen LogP contribution is 2.08. The zero-order valence-corrected chi connectivity index (χ0v) is 7.56. The zero-order valence-electron chi connectivity index (χ0n) is 5.99. The molecule has 0 spiro atoms. The lowest BCUT2D eigenvalue weighted by Gasteiger charge is -1.98. The summed E-state index contributed by atoms with van der Waals surface area (Å²) in [6.45, 7) is -0.155. The Kier molecular flexibility index (Phi) is 2.88. The van der Waals surface area contributed by atoms with Crippen molar-refractivity contribution in [1.29, 1.82) is 0 Å². The summed E-state index contributed by atoms with van der Waals surface area (Å²) in [5.41, 5.74) is 0. The molecule has 66 valence electrons. The van der Waals surface area contributed by atoms with E-state index < -0.39 is 0 Å². The summed E-state index contributed by atoms with van der Waals surface area (Å²) in [6.07, 6.45) is 0. The predicted molar refractivity (Wildman–Crippen MR) is 46.0 cm³/mol. The second kappa shape index (κ2) is 3.73. The van der Waals surface area contributed by atoms with Crippen LogP contribution in [0.15, 0.2) is 10.2 Å². The third-order valence-electron chi connectivity index (χ3n) is 1.25. The summed E-state index contributed by atoms with van der Waals surface area (Å²) in [5.74, 6) is -0.641.